The van der Waals surface area contributed by atoms with Crippen LogP contribution in [0.4, 0.5) is 0 Å². The minimum absolute atomic E-state index is 0.0482. The first-order valence-electron chi connectivity index (χ1n) is 12.6. The molecule has 208 valence electrons. The number of fused-ring (bicyclic) bond motifs is 4. The number of aliphatic hydroxyl groups excluding tert-OH is 3. The van der Waals surface area contributed by atoms with E-state index in [-0.39, 0.29) is 25.0 Å². The van der Waals surface area contributed by atoms with Gasteiger partial charge in [0.25, 0.3) is 0 Å². The van der Waals surface area contributed by atoms with E-state index in [9.17, 15) is 34.8 Å². The van der Waals surface area contributed by atoms with Crippen molar-refractivity contribution in [1.29, 1.82) is 0 Å². The Morgan fingerprint density at radius 2 is 1.62 bits per heavy atom. The summed E-state index contributed by atoms with van der Waals surface area (Å²) >= 11 is 0. The molecular weight excluding hydrogens is 488 g/mol. The van der Waals surface area contributed by atoms with Crippen molar-refractivity contribution >= 4 is 17.9 Å². The molecule has 0 spiro atoms. The molecule has 0 aromatic rings. The average Bonchev–Trinajstić information content (AvgIpc) is 2.99. The van der Waals surface area contributed by atoms with Gasteiger partial charge in [-0.1, -0.05) is 6.92 Å². The molecular formula is C26H38O11. The Labute approximate surface area is 215 Å². The van der Waals surface area contributed by atoms with Crippen molar-refractivity contribution < 1.29 is 53.8 Å². The lowest BCUT2D eigenvalue weighted by molar-refractivity contribution is -0.352. The van der Waals surface area contributed by atoms with E-state index in [4.69, 9.17) is 18.9 Å². The molecule has 1 saturated heterocycles. The second-order valence-corrected chi connectivity index (χ2v) is 11.8. The van der Waals surface area contributed by atoms with Crippen molar-refractivity contribution in [3.05, 3.63) is 11.1 Å². The lowest BCUT2D eigenvalue weighted by Gasteiger charge is -2.65. The molecule has 3 aliphatic carbocycles. The molecule has 11 heteroatoms. The molecule has 0 radical (unpaired) electrons. The Morgan fingerprint density at radius 1 is 1.03 bits per heavy atom. The number of carbonyl (C=O) groups excluding carboxylic acids is 3. The lowest BCUT2D eigenvalue weighted by Crippen LogP contribution is -2.79. The van der Waals surface area contributed by atoms with Gasteiger partial charge in [-0.05, 0) is 38.3 Å². The molecule has 0 aromatic heterocycles. The fourth-order valence-corrected chi connectivity index (χ4v) is 7.78. The summed E-state index contributed by atoms with van der Waals surface area (Å²) in [7, 11) is 0. The molecule has 4 aliphatic rings. The van der Waals surface area contributed by atoms with Crippen molar-refractivity contribution in [1.82, 2.24) is 0 Å². The summed E-state index contributed by atoms with van der Waals surface area (Å²) in [5.74, 6) is -3.11. The summed E-state index contributed by atoms with van der Waals surface area (Å²) in [6.45, 7) is 9.68. The standard InChI is InChI=1S/C26H38O11/c1-11-15(30)9-25(23(5,6)33)18(11)19(31)21(32)24(7)16(35-12(2)27)8-17-26(10-34-17,37-14(4)29)20(24)22(25)36-13(3)28/h15-17,19-22,30-33H,8-10H2,1-7H3/t15-,16-,17+,19+,20-,21-,22-,24+,25-,26-/m0/s1. The zero-order chi connectivity index (χ0) is 27.9. The highest BCUT2D eigenvalue weighted by Gasteiger charge is 2.79. The second-order valence-electron chi connectivity index (χ2n) is 11.8. The molecule has 10 atom stereocenters. The maximum Gasteiger partial charge on any atom is 0.303 e. The van der Waals surface area contributed by atoms with E-state index in [2.05, 4.69) is 0 Å². The van der Waals surface area contributed by atoms with Gasteiger partial charge >= 0.3 is 17.9 Å². The maximum absolute atomic E-state index is 12.6. The molecule has 0 amide bonds. The number of ether oxygens (including phenoxy) is 4. The molecule has 0 unspecified atom stereocenters. The topological polar surface area (TPSA) is 169 Å². The molecule has 37 heavy (non-hydrogen) atoms. The molecule has 4 rings (SSSR count). The van der Waals surface area contributed by atoms with E-state index in [1.807, 2.05) is 0 Å². The van der Waals surface area contributed by atoms with Gasteiger partial charge in [0.05, 0.1) is 35.7 Å². The fourth-order valence-electron chi connectivity index (χ4n) is 7.78. The van der Waals surface area contributed by atoms with E-state index in [1.54, 1.807) is 13.8 Å². The molecule has 0 aromatic carbocycles. The van der Waals surface area contributed by atoms with Gasteiger partial charge in [0.2, 0.25) is 0 Å². The molecule has 1 heterocycles. The SMILES string of the molecule is CC(=O)O[C@H]1C[C@H]2OC[C@@]2(OC(C)=O)[C@H]2[C@H](OC(C)=O)[C@]3(C(C)(C)O)C[C@H](O)C(C)=C3[C@@H](O)[C@H](O)[C@]12C. The monoisotopic (exact) mass is 526 g/mol. The van der Waals surface area contributed by atoms with E-state index in [0.717, 1.165) is 0 Å². The highest BCUT2D eigenvalue weighted by atomic mass is 16.6. The summed E-state index contributed by atoms with van der Waals surface area (Å²) in [5.41, 5.74) is -5.80. The number of carbonyl (C=O) groups is 3. The summed E-state index contributed by atoms with van der Waals surface area (Å²) in [5, 5.41) is 46.3. The quantitative estimate of drug-likeness (QED) is 0.223. The minimum Gasteiger partial charge on any atom is -0.462 e. The Balaban J connectivity index is 2.12. The number of aliphatic hydroxyl groups is 4. The second kappa shape index (κ2) is 8.74. The number of esters is 3. The summed E-state index contributed by atoms with van der Waals surface area (Å²) in [6.07, 6.45) is -7.61. The number of hydrogen-bond acceptors (Lipinski definition) is 11. The van der Waals surface area contributed by atoms with E-state index in [0.29, 0.717) is 5.57 Å². The first-order valence-corrected chi connectivity index (χ1v) is 12.6. The van der Waals surface area contributed by atoms with Gasteiger partial charge < -0.3 is 39.4 Å². The summed E-state index contributed by atoms with van der Waals surface area (Å²) in [4.78, 5) is 37.2. The van der Waals surface area contributed by atoms with Crippen LogP contribution in [0.15, 0.2) is 11.1 Å². The molecule has 4 N–H and O–H groups in total. The zero-order valence-electron chi connectivity index (χ0n) is 22.3. The zero-order valence-corrected chi connectivity index (χ0v) is 22.3. The van der Waals surface area contributed by atoms with Gasteiger partial charge in [0.1, 0.15) is 24.4 Å². The smallest absolute Gasteiger partial charge is 0.303 e. The van der Waals surface area contributed by atoms with E-state index in [1.165, 1.54) is 34.6 Å². The predicted molar refractivity (Wildman–Crippen MR) is 126 cm³/mol. The van der Waals surface area contributed by atoms with Crippen LogP contribution in [0.3, 0.4) is 0 Å². The van der Waals surface area contributed by atoms with Crippen LogP contribution >= 0.6 is 0 Å². The third kappa shape index (κ3) is 3.69. The largest absolute Gasteiger partial charge is 0.462 e. The number of hydrogen-bond donors (Lipinski definition) is 4. The summed E-state index contributed by atoms with van der Waals surface area (Å²) in [6, 6.07) is 0. The van der Waals surface area contributed by atoms with Gasteiger partial charge in [-0.3, -0.25) is 14.4 Å². The average molecular weight is 527 g/mol. The van der Waals surface area contributed by atoms with Crippen LogP contribution in [0, 0.1) is 16.7 Å². The van der Waals surface area contributed by atoms with Crippen molar-refractivity contribution in [3.63, 3.8) is 0 Å². The maximum atomic E-state index is 12.6. The molecule has 11 nitrogen and oxygen atoms in total. The van der Waals surface area contributed by atoms with E-state index < -0.39 is 82.5 Å². The van der Waals surface area contributed by atoms with E-state index >= 15 is 0 Å². The van der Waals surface area contributed by atoms with Crippen molar-refractivity contribution in [2.24, 2.45) is 16.7 Å². The van der Waals surface area contributed by atoms with Gasteiger partial charge in [0, 0.05) is 32.6 Å². The lowest BCUT2D eigenvalue weighted by atomic mass is 9.49. The summed E-state index contributed by atoms with van der Waals surface area (Å²) < 4.78 is 23.4. The molecule has 1 aliphatic heterocycles. The van der Waals surface area contributed by atoms with Gasteiger partial charge in [0.15, 0.2) is 5.60 Å². The van der Waals surface area contributed by atoms with Crippen LogP contribution < -0.4 is 0 Å². The Kier molecular flexibility index (Phi) is 6.61. The Bertz CT molecular complexity index is 1030. The molecule has 3 fully saturated rings. The first-order chi connectivity index (χ1) is 16.9. The normalized spacial score (nSPS) is 45.0. The van der Waals surface area contributed by atoms with Gasteiger partial charge in [-0.25, -0.2) is 0 Å². The first kappa shape index (κ1) is 28.0. The molecule has 2 saturated carbocycles. The van der Waals surface area contributed by atoms with Gasteiger partial charge in [-0.2, -0.15) is 0 Å². The van der Waals surface area contributed by atoms with Crippen molar-refractivity contribution in [2.45, 2.75) is 109 Å². The van der Waals surface area contributed by atoms with Crippen LogP contribution in [0.5, 0.6) is 0 Å². The van der Waals surface area contributed by atoms with Crippen LogP contribution in [0.2, 0.25) is 0 Å². The highest BCUT2D eigenvalue weighted by Crippen LogP contribution is 2.68. The number of rotatable bonds is 4. The van der Waals surface area contributed by atoms with Gasteiger partial charge in [-0.15, -0.1) is 0 Å². The van der Waals surface area contributed by atoms with Crippen LogP contribution in [0.1, 0.15) is 61.3 Å². The Morgan fingerprint density at radius 3 is 2.08 bits per heavy atom. The molecule has 0 bridgehead atoms. The van der Waals surface area contributed by atoms with Crippen LogP contribution in [-0.2, 0) is 33.3 Å². The van der Waals surface area contributed by atoms with Crippen molar-refractivity contribution in [3.8, 4) is 0 Å². The Hall–Kier alpha value is -2.05. The minimum atomic E-state index is -1.71. The predicted octanol–water partition coefficient (Wildman–Crippen LogP) is 0.151. The third-order valence-electron chi connectivity index (χ3n) is 9.34. The van der Waals surface area contributed by atoms with Crippen molar-refractivity contribution in [2.75, 3.05) is 6.61 Å². The highest BCUT2D eigenvalue weighted by molar-refractivity contribution is 5.68. The fraction of sp³-hybridized carbons (Fsp3) is 0.808. The van der Waals surface area contributed by atoms with Crippen LogP contribution in [-0.4, -0.2) is 92.8 Å². The van der Waals surface area contributed by atoms with Crippen LogP contribution in [0.25, 0.3) is 0 Å². The third-order valence-corrected chi connectivity index (χ3v) is 9.34.